The van der Waals surface area contributed by atoms with Crippen LogP contribution < -0.4 is 14.8 Å². The van der Waals surface area contributed by atoms with Crippen LogP contribution in [-0.4, -0.2) is 48.8 Å². The molecule has 2 aromatic carbocycles. The molecule has 162 valence electrons. The number of carbonyl (C=O) groups excluding carboxylic acids is 1. The first-order valence-electron chi connectivity index (χ1n) is 10.6. The molecule has 0 spiro atoms. The van der Waals surface area contributed by atoms with Gasteiger partial charge in [0, 0.05) is 18.2 Å². The summed E-state index contributed by atoms with van der Waals surface area (Å²) in [6.45, 7) is 7.56. The summed E-state index contributed by atoms with van der Waals surface area (Å²) in [6, 6.07) is 17.5. The van der Waals surface area contributed by atoms with Gasteiger partial charge in [-0.15, -0.1) is 0 Å². The molecule has 0 radical (unpaired) electrons. The minimum absolute atomic E-state index is 0.0873. The number of amides is 1. The predicted molar refractivity (Wildman–Crippen MR) is 117 cm³/mol. The second kappa shape index (κ2) is 9.66. The maximum absolute atomic E-state index is 12.8. The van der Waals surface area contributed by atoms with Crippen molar-refractivity contribution in [3.8, 4) is 22.8 Å². The standard InChI is InChI=1S/C24H27N3O4/c1-3-27(4-2)20(17-8-6-5-7-9-17)16-25-24(28)19-15-22(31-26-19)18-10-11-21-23(14-18)30-13-12-29-21/h5-11,14-15,20H,3-4,12-13,16H2,1-2H3,(H,25,28). The van der Waals surface area contributed by atoms with Gasteiger partial charge >= 0.3 is 0 Å². The number of hydrogen-bond donors (Lipinski definition) is 1. The first kappa shape index (κ1) is 20.9. The molecule has 0 saturated heterocycles. The van der Waals surface area contributed by atoms with Crippen LogP contribution in [0.1, 0.15) is 35.9 Å². The molecule has 1 aliphatic heterocycles. The predicted octanol–water partition coefficient (Wildman–Crippen LogP) is 3.93. The first-order chi connectivity index (χ1) is 15.2. The highest BCUT2D eigenvalue weighted by Gasteiger charge is 2.21. The Morgan fingerprint density at radius 1 is 1.03 bits per heavy atom. The fourth-order valence-corrected chi connectivity index (χ4v) is 3.79. The number of nitrogens with zero attached hydrogens (tertiary/aromatic N) is 2. The van der Waals surface area contributed by atoms with Crippen molar-refractivity contribution in [3.63, 3.8) is 0 Å². The Labute approximate surface area is 181 Å². The Bertz CT molecular complexity index is 1010. The van der Waals surface area contributed by atoms with Gasteiger partial charge in [-0.05, 0) is 36.9 Å². The van der Waals surface area contributed by atoms with Crippen molar-refractivity contribution in [2.75, 3.05) is 32.8 Å². The Hall–Kier alpha value is -3.32. The van der Waals surface area contributed by atoms with E-state index in [1.165, 1.54) is 5.56 Å². The monoisotopic (exact) mass is 421 g/mol. The van der Waals surface area contributed by atoms with Crippen LogP contribution in [-0.2, 0) is 0 Å². The zero-order valence-electron chi connectivity index (χ0n) is 17.8. The number of aromatic nitrogens is 1. The van der Waals surface area contributed by atoms with Gasteiger partial charge in [0.1, 0.15) is 13.2 Å². The van der Waals surface area contributed by atoms with Crippen LogP contribution in [0.3, 0.4) is 0 Å². The molecule has 1 atom stereocenters. The number of fused-ring (bicyclic) bond motifs is 1. The van der Waals surface area contributed by atoms with Crippen LogP contribution >= 0.6 is 0 Å². The normalized spacial score (nSPS) is 13.8. The van der Waals surface area contributed by atoms with E-state index in [0.29, 0.717) is 37.0 Å². The molecule has 7 heteroatoms. The molecule has 0 bridgehead atoms. The average molecular weight is 421 g/mol. The second-order valence-corrected chi connectivity index (χ2v) is 7.29. The van der Waals surface area contributed by atoms with E-state index in [2.05, 4.69) is 41.4 Å². The minimum atomic E-state index is -0.263. The van der Waals surface area contributed by atoms with Crippen molar-refractivity contribution in [1.29, 1.82) is 0 Å². The maximum Gasteiger partial charge on any atom is 0.273 e. The first-order valence-corrected chi connectivity index (χ1v) is 10.6. The molecular formula is C24H27N3O4. The zero-order chi connectivity index (χ0) is 21.6. The molecule has 2 heterocycles. The lowest BCUT2D eigenvalue weighted by atomic mass is 10.0. The van der Waals surface area contributed by atoms with Crippen molar-refractivity contribution in [3.05, 3.63) is 65.9 Å². The Kier molecular flexibility index (Phi) is 6.52. The van der Waals surface area contributed by atoms with Gasteiger partial charge in [-0.3, -0.25) is 9.69 Å². The zero-order valence-corrected chi connectivity index (χ0v) is 17.8. The molecule has 4 rings (SSSR count). The van der Waals surface area contributed by atoms with Gasteiger partial charge in [-0.2, -0.15) is 0 Å². The lowest BCUT2D eigenvalue weighted by Gasteiger charge is -2.30. The van der Waals surface area contributed by atoms with Crippen molar-refractivity contribution >= 4 is 5.91 Å². The molecule has 31 heavy (non-hydrogen) atoms. The highest BCUT2D eigenvalue weighted by molar-refractivity contribution is 5.93. The number of benzene rings is 2. The van der Waals surface area contributed by atoms with Gasteiger partial charge in [0.25, 0.3) is 5.91 Å². The molecule has 1 amide bonds. The SMILES string of the molecule is CCN(CC)C(CNC(=O)c1cc(-c2ccc3c(c2)OCCO3)on1)c1ccccc1. The third-order valence-corrected chi connectivity index (χ3v) is 5.46. The van der Waals surface area contributed by atoms with Gasteiger partial charge in [0.05, 0.1) is 6.04 Å². The summed E-state index contributed by atoms with van der Waals surface area (Å²) in [4.78, 5) is 15.1. The average Bonchev–Trinajstić information content (AvgIpc) is 3.32. The van der Waals surface area contributed by atoms with Crippen LogP contribution in [0.15, 0.2) is 59.1 Å². The van der Waals surface area contributed by atoms with Crippen LogP contribution in [0, 0.1) is 0 Å². The van der Waals surface area contributed by atoms with E-state index in [-0.39, 0.29) is 17.6 Å². The van der Waals surface area contributed by atoms with E-state index in [4.69, 9.17) is 14.0 Å². The van der Waals surface area contributed by atoms with Crippen molar-refractivity contribution in [2.24, 2.45) is 0 Å². The molecule has 3 aromatic rings. The second-order valence-electron chi connectivity index (χ2n) is 7.29. The largest absolute Gasteiger partial charge is 0.486 e. The van der Waals surface area contributed by atoms with E-state index in [1.54, 1.807) is 6.07 Å². The van der Waals surface area contributed by atoms with E-state index in [9.17, 15) is 4.79 Å². The number of hydrogen-bond acceptors (Lipinski definition) is 6. The van der Waals surface area contributed by atoms with Gasteiger partial charge < -0.3 is 19.3 Å². The molecule has 0 saturated carbocycles. The number of nitrogens with one attached hydrogen (secondary N) is 1. The van der Waals surface area contributed by atoms with E-state index in [1.807, 2.05) is 36.4 Å². The fourth-order valence-electron chi connectivity index (χ4n) is 3.79. The van der Waals surface area contributed by atoms with Crippen molar-refractivity contribution < 1.29 is 18.8 Å². The van der Waals surface area contributed by atoms with Crippen molar-refractivity contribution in [1.82, 2.24) is 15.4 Å². The maximum atomic E-state index is 12.8. The lowest BCUT2D eigenvalue weighted by Crippen LogP contribution is -2.38. The topological polar surface area (TPSA) is 76.8 Å². The molecule has 1 unspecified atom stereocenters. The van der Waals surface area contributed by atoms with Crippen molar-refractivity contribution in [2.45, 2.75) is 19.9 Å². The molecule has 1 N–H and O–H groups in total. The summed E-state index contributed by atoms with van der Waals surface area (Å²) in [5.41, 5.74) is 2.20. The lowest BCUT2D eigenvalue weighted by molar-refractivity contribution is 0.0926. The molecule has 0 fully saturated rings. The highest BCUT2D eigenvalue weighted by Crippen LogP contribution is 2.34. The van der Waals surface area contributed by atoms with Gasteiger partial charge in [0.2, 0.25) is 0 Å². The van der Waals surface area contributed by atoms with Crippen LogP contribution in [0.2, 0.25) is 0 Å². The van der Waals surface area contributed by atoms with Gasteiger partial charge in [-0.25, -0.2) is 0 Å². The number of likely N-dealkylation sites (N-methyl/N-ethyl adjacent to an activating group) is 1. The minimum Gasteiger partial charge on any atom is -0.486 e. The quantitative estimate of drug-likeness (QED) is 0.594. The number of ether oxygens (including phenoxy) is 2. The smallest absolute Gasteiger partial charge is 0.273 e. The van der Waals surface area contributed by atoms with Crippen LogP contribution in [0.4, 0.5) is 0 Å². The summed E-state index contributed by atoms with van der Waals surface area (Å²) >= 11 is 0. The summed E-state index contributed by atoms with van der Waals surface area (Å²) in [6.07, 6.45) is 0. The third kappa shape index (κ3) is 4.72. The summed E-state index contributed by atoms with van der Waals surface area (Å²) in [7, 11) is 0. The third-order valence-electron chi connectivity index (χ3n) is 5.46. The van der Waals surface area contributed by atoms with E-state index >= 15 is 0 Å². The Balaban J connectivity index is 1.46. The van der Waals surface area contributed by atoms with E-state index in [0.717, 1.165) is 18.7 Å². The van der Waals surface area contributed by atoms with Gasteiger partial charge in [0.15, 0.2) is 23.0 Å². The summed E-state index contributed by atoms with van der Waals surface area (Å²) in [5.74, 6) is 1.61. The Morgan fingerprint density at radius 3 is 2.52 bits per heavy atom. The van der Waals surface area contributed by atoms with Crippen LogP contribution in [0.5, 0.6) is 11.5 Å². The fraction of sp³-hybridized carbons (Fsp3) is 0.333. The Morgan fingerprint density at radius 2 is 1.77 bits per heavy atom. The molecule has 1 aliphatic rings. The summed E-state index contributed by atoms with van der Waals surface area (Å²) < 4.78 is 16.6. The van der Waals surface area contributed by atoms with E-state index < -0.39 is 0 Å². The van der Waals surface area contributed by atoms with Gasteiger partial charge in [-0.1, -0.05) is 49.3 Å². The number of carbonyl (C=O) groups is 1. The molecular weight excluding hydrogens is 394 g/mol. The van der Waals surface area contributed by atoms with Crippen LogP contribution in [0.25, 0.3) is 11.3 Å². The highest BCUT2D eigenvalue weighted by atomic mass is 16.6. The molecule has 1 aromatic heterocycles. The molecule has 0 aliphatic carbocycles. The number of rotatable bonds is 8. The molecule has 7 nitrogen and oxygen atoms in total. The summed E-state index contributed by atoms with van der Waals surface area (Å²) in [5, 5.41) is 6.98.